The van der Waals surface area contributed by atoms with Crippen molar-refractivity contribution in [2.75, 3.05) is 12.0 Å². The van der Waals surface area contributed by atoms with Crippen LogP contribution in [0.25, 0.3) is 0 Å². The van der Waals surface area contributed by atoms with E-state index in [4.69, 9.17) is 10.6 Å². The van der Waals surface area contributed by atoms with Gasteiger partial charge in [0.1, 0.15) is 5.69 Å². The van der Waals surface area contributed by atoms with Gasteiger partial charge in [-0.15, -0.1) is 0 Å². The van der Waals surface area contributed by atoms with Gasteiger partial charge >= 0.3 is 0 Å². The third-order valence-corrected chi connectivity index (χ3v) is 2.37. The quantitative estimate of drug-likeness (QED) is 0.329. The summed E-state index contributed by atoms with van der Waals surface area (Å²) in [4.78, 5) is 10.3. The number of nitrogens with zero attached hydrogens (tertiary/aromatic N) is 1. The van der Waals surface area contributed by atoms with E-state index < -0.39 is 4.92 Å². The normalized spacial score (nSPS) is 10.2. The molecule has 0 amide bonds. The first kappa shape index (κ1) is 13.4. The molecule has 6 heteroatoms. The highest BCUT2D eigenvalue weighted by molar-refractivity contribution is 5.65. The second-order valence-electron chi connectivity index (χ2n) is 3.62. The second kappa shape index (κ2) is 6.82. The number of nitro groups is 1. The summed E-state index contributed by atoms with van der Waals surface area (Å²) in [7, 11) is 0. The molecule has 0 unspecified atom stereocenters. The molecule has 1 aromatic carbocycles. The number of nitro benzene ring substituents is 1. The molecule has 6 nitrogen and oxygen atoms in total. The third-order valence-electron chi connectivity index (χ3n) is 2.37. The Bertz CT molecular complexity index is 382. The predicted octanol–water partition coefficient (Wildman–Crippen LogP) is 2.20. The number of nitrogen functional groups attached to an aromatic ring is 1. The number of nitrogens with two attached hydrogens (primary N) is 1. The van der Waals surface area contributed by atoms with Gasteiger partial charge in [0.15, 0.2) is 0 Å². The number of benzene rings is 1. The summed E-state index contributed by atoms with van der Waals surface area (Å²) in [6, 6.07) is 4.79. The van der Waals surface area contributed by atoms with Gasteiger partial charge < -0.3 is 10.2 Å². The van der Waals surface area contributed by atoms with Crippen molar-refractivity contribution >= 4 is 11.4 Å². The molecule has 0 atom stereocenters. The highest BCUT2D eigenvalue weighted by Gasteiger charge is 2.16. The smallest absolute Gasteiger partial charge is 0.294 e. The highest BCUT2D eigenvalue weighted by atomic mass is 16.6. The maximum Gasteiger partial charge on any atom is 0.294 e. The molecule has 0 aromatic heterocycles. The molecule has 0 fully saturated rings. The molecule has 0 spiro atoms. The van der Waals surface area contributed by atoms with Crippen LogP contribution in [-0.2, 0) is 11.3 Å². The molecule has 1 aromatic rings. The summed E-state index contributed by atoms with van der Waals surface area (Å²) in [5, 5.41) is 10.8. The fraction of sp³-hybridized carbons (Fsp3) is 0.455. The van der Waals surface area contributed by atoms with Crippen molar-refractivity contribution in [3.8, 4) is 0 Å². The monoisotopic (exact) mass is 239 g/mol. The fourth-order valence-corrected chi connectivity index (χ4v) is 1.45. The summed E-state index contributed by atoms with van der Waals surface area (Å²) in [5.74, 6) is 5.31. The topological polar surface area (TPSA) is 90.4 Å². The average Bonchev–Trinajstić information content (AvgIpc) is 2.34. The first-order valence-electron chi connectivity index (χ1n) is 5.51. The summed E-state index contributed by atoms with van der Waals surface area (Å²) in [6.45, 7) is 3.04. The van der Waals surface area contributed by atoms with Gasteiger partial charge in [-0.2, -0.15) is 0 Å². The number of unbranched alkanes of at least 4 members (excludes halogenated alkanes) is 1. The maximum atomic E-state index is 10.8. The first-order valence-corrected chi connectivity index (χ1v) is 5.51. The van der Waals surface area contributed by atoms with Crippen LogP contribution in [0, 0.1) is 10.1 Å². The third kappa shape index (κ3) is 3.69. The Labute approximate surface area is 99.9 Å². The zero-order valence-corrected chi connectivity index (χ0v) is 9.81. The van der Waals surface area contributed by atoms with E-state index in [1.54, 1.807) is 12.1 Å². The SMILES string of the molecule is CCCCOCc1cccc([N+](=O)[O-])c1NN. The Morgan fingerprint density at radius 2 is 2.29 bits per heavy atom. The zero-order valence-electron chi connectivity index (χ0n) is 9.81. The molecule has 0 aliphatic rings. The lowest BCUT2D eigenvalue weighted by atomic mass is 10.1. The van der Waals surface area contributed by atoms with Gasteiger partial charge in [-0.1, -0.05) is 25.5 Å². The van der Waals surface area contributed by atoms with Crippen molar-refractivity contribution in [2.45, 2.75) is 26.4 Å². The van der Waals surface area contributed by atoms with E-state index in [0.717, 1.165) is 12.8 Å². The number of hydrazine groups is 1. The van der Waals surface area contributed by atoms with Crippen LogP contribution in [0.5, 0.6) is 0 Å². The van der Waals surface area contributed by atoms with Gasteiger partial charge in [-0.05, 0) is 6.42 Å². The molecule has 3 N–H and O–H groups in total. The summed E-state index contributed by atoms with van der Waals surface area (Å²) >= 11 is 0. The van der Waals surface area contributed by atoms with Crippen LogP contribution in [-0.4, -0.2) is 11.5 Å². The molecule has 0 saturated carbocycles. The van der Waals surface area contributed by atoms with Gasteiger partial charge in [-0.3, -0.25) is 16.0 Å². The Hall–Kier alpha value is -1.66. The van der Waals surface area contributed by atoms with E-state index in [1.165, 1.54) is 6.07 Å². The van der Waals surface area contributed by atoms with E-state index in [-0.39, 0.29) is 5.69 Å². The molecule has 0 bridgehead atoms. The molecule has 0 heterocycles. The highest BCUT2D eigenvalue weighted by Crippen LogP contribution is 2.27. The van der Waals surface area contributed by atoms with Crippen LogP contribution in [0.1, 0.15) is 25.3 Å². The van der Waals surface area contributed by atoms with Crippen LogP contribution >= 0.6 is 0 Å². The number of nitrogens with one attached hydrogen (secondary N) is 1. The van der Waals surface area contributed by atoms with Gasteiger partial charge in [0.05, 0.1) is 11.5 Å². The molecular formula is C11H17N3O3. The van der Waals surface area contributed by atoms with Crippen molar-refractivity contribution in [3.63, 3.8) is 0 Å². The Morgan fingerprint density at radius 1 is 1.53 bits per heavy atom. The molecular weight excluding hydrogens is 222 g/mol. The van der Waals surface area contributed by atoms with Gasteiger partial charge in [0.2, 0.25) is 0 Å². The first-order chi connectivity index (χ1) is 8.20. The molecule has 0 aliphatic carbocycles. The summed E-state index contributed by atoms with van der Waals surface area (Å²) < 4.78 is 5.42. The maximum absolute atomic E-state index is 10.8. The Kier molecular flexibility index (Phi) is 5.38. The fourth-order valence-electron chi connectivity index (χ4n) is 1.45. The van der Waals surface area contributed by atoms with Crippen LogP contribution in [0.4, 0.5) is 11.4 Å². The molecule has 17 heavy (non-hydrogen) atoms. The largest absolute Gasteiger partial charge is 0.377 e. The minimum Gasteiger partial charge on any atom is -0.377 e. The lowest BCUT2D eigenvalue weighted by molar-refractivity contribution is -0.384. The molecule has 94 valence electrons. The number of para-hydroxylation sites is 1. The van der Waals surface area contributed by atoms with Gasteiger partial charge in [-0.25, -0.2) is 0 Å². The number of anilines is 1. The van der Waals surface area contributed by atoms with Crippen LogP contribution in [0.2, 0.25) is 0 Å². The number of ether oxygens (including phenoxy) is 1. The van der Waals surface area contributed by atoms with Crippen molar-refractivity contribution in [1.29, 1.82) is 0 Å². The minimum atomic E-state index is -0.468. The van der Waals surface area contributed by atoms with E-state index in [9.17, 15) is 10.1 Å². The van der Waals surface area contributed by atoms with Crippen molar-refractivity contribution < 1.29 is 9.66 Å². The molecule has 0 radical (unpaired) electrons. The summed E-state index contributed by atoms with van der Waals surface area (Å²) in [6.07, 6.45) is 2.03. The van der Waals surface area contributed by atoms with E-state index in [2.05, 4.69) is 12.3 Å². The van der Waals surface area contributed by atoms with E-state index in [1.807, 2.05) is 0 Å². The molecule has 1 rings (SSSR count). The van der Waals surface area contributed by atoms with Gasteiger partial charge in [0, 0.05) is 18.2 Å². The second-order valence-corrected chi connectivity index (χ2v) is 3.62. The molecule has 0 aliphatic heterocycles. The standard InChI is InChI=1S/C11H17N3O3/c1-2-3-7-17-8-9-5-4-6-10(14(15)16)11(9)13-12/h4-6,13H,2-3,7-8,12H2,1H3. The lowest BCUT2D eigenvalue weighted by Gasteiger charge is -2.09. The number of rotatable bonds is 7. The number of hydrogen-bond acceptors (Lipinski definition) is 5. The van der Waals surface area contributed by atoms with Crippen LogP contribution in [0.15, 0.2) is 18.2 Å². The Balaban J connectivity index is 2.77. The number of hydrogen-bond donors (Lipinski definition) is 2. The van der Waals surface area contributed by atoms with E-state index >= 15 is 0 Å². The van der Waals surface area contributed by atoms with Crippen molar-refractivity contribution in [3.05, 3.63) is 33.9 Å². The lowest BCUT2D eigenvalue weighted by Crippen LogP contribution is -2.12. The Morgan fingerprint density at radius 3 is 2.88 bits per heavy atom. The van der Waals surface area contributed by atoms with Crippen molar-refractivity contribution in [2.24, 2.45) is 5.84 Å². The van der Waals surface area contributed by atoms with E-state index in [0.29, 0.717) is 24.5 Å². The van der Waals surface area contributed by atoms with Crippen LogP contribution < -0.4 is 11.3 Å². The van der Waals surface area contributed by atoms with Crippen LogP contribution in [0.3, 0.4) is 0 Å². The molecule has 0 saturated heterocycles. The predicted molar refractivity (Wildman–Crippen MR) is 65.5 cm³/mol. The average molecular weight is 239 g/mol. The van der Waals surface area contributed by atoms with Crippen molar-refractivity contribution in [1.82, 2.24) is 0 Å². The summed E-state index contributed by atoms with van der Waals surface area (Å²) in [5.41, 5.74) is 3.33. The minimum absolute atomic E-state index is 0.0379. The van der Waals surface area contributed by atoms with Gasteiger partial charge in [0.25, 0.3) is 5.69 Å². The zero-order chi connectivity index (χ0) is 12.7.